The molecule has 0 saturated carbocycles. The van der Waals surface area contributed by atoms with E-state index >= 15 is 0 Å². The fraction of sp³-hybridized carbons (Fsp3) is 0.240. The molecule has 1 aliphatic rings. The van der Waals surface area contributed by atoms with Crippen molar-refractivity contribution in [2.24, 2.45) is 0 Å². The Morgan fingerprint density at radius 3 is 2.23 bits per heavy atom. The lowest BCUT2D eigenvalue weighted by Crippen LogP contribution is -2.40. The molecule has 0 spiro atoms. The quantitative estimate of drug-likeness (QED) is 0.346. The average molecular weight is 619 g/mol. The third-order valence-electron chi connectivity index (χ3n) is 5.81. The molecule has 1 saturated heterocycles. The largest absolute Gasteiger partial charge is 0.455 e. The maximum Gasteiger partial charge on any atom is 0.417 e. The Labute approximate surface area is 233 Å². The second-order valence-corrected chi connectivity index (χ2v) is 12.6. The minimum atomic E-state index is -4.93. The summed E-state index contributed by atoms with van der Waals surface area (Å²) in [4.78, 5) is 11.4. The molecule has 0 atom stereocenters. The first kappa shape index (κ1) is 29.8. The molecular formula is C25H22ClF3N2O7S2. The fourth-order valence-electron chi connectivity index (χ4n) is 3.90. The molecule has 1 N–H and O–H groups in total. The van der Waals surface area contributed by atoms with Crippen LogP contribution in [0, 0.1) is 0 Å². The van der Waals surface area contributed by atoms with Gasteiger partial charge in [-0.15, -0.1) is 0 Å². The molecule has 214 valence electrons. The molecule has 3 aromatic carbocycles. The highest BCUT2D eigenvalue weighted by Crippen LogP contribution is 2.38. The van der Waals surface area contributed by atoms with E-state index in [4.69, 9.17) is 21.1 Å². The Hall–Kier alpha value is -3.17. The van der Waals surface area contributed by atoms with Crippen LogP contribution in [0.4, 0.5) is 18.9 Å². The van der Waals surface area contributed by atoms with E-state index < -0.39 is 42.5 Å². The zero-order valence-corrected chi connectivity index (χ0v) is 23.1. The Bertz CT molecular complexity index is 1640. The summed E-state index contributed by atoms with van der Waals surface area (Å²) in [6, 6.07) is 11.2. The first-order valence-corrected chi connectivity index (χ1v) is 14.9. The number of hydrogen-bond donors (Lipinski definition) is 1. The number of hydrogen-bond acceptors (Lipinski definition) is 7. The van der Waals surface area contributed by atoms with Gasteiger partial charge in [-0.1, -0.05) is 23.7 Å². The number of benzene rings is 3. The number of carbonyl (C=O) groups excluding carboxylic acids is 1. The van der Waals surface area contributed by atoms with Crippen molar-refractivity contribution in [3.63, 3.8) is 0 Å². The Kier molecular flexibility index (Phi) is 8.47. The van der Waals surface area contributed by atoms with Crippen molar-refractivity contribution >= 4 is 43.1 Å². The highest BCUT2D eigenvalue weighted by molar-refractivity contribution is 7.92. The molecule has 0 unspecified atom stereocenters. The molecule has 0 aliphatic carbocycles. The smallest absolute Gasteiger partial charge is 0.417 e. The number of ketones is 1. The van der Waals surface area contributed by atoms with E-state index in [1.807, 2.05) is 4.72 Å². The minimum Gasteiger partial charge on any atom is -0.455 e. The van der Waals surface area contributed by atoms with Crippen molar-refractivity contribution in [2.45, 2.75) is 22.9 Å². The van der Waals surface area contributed by atoms with Crippen LogP contribution in [0.3, 0.4) is 0 Å². The van der Waals surface area contributed by atoms with Gasteiger partial charge in [-0.3, -0.25) is 9.52 Å². The normalized spacial score (nSPS) is 15.0. The van der Waals surface area contributed by atoms with Crippen molar-refractivity contribution in [2.75, 3.05) is 31.0 Å². The minimum absolute atomic E-state index is 0.0172. The second kappa shape index (κ2) is 11.4. The summed E-state index contributed by atoms with van der Waals surface area (Å²) < 4.78 is 106. The van der Waals surface area contributed by atoms with Gasteiger partial charge in [0.2, 0.25) is 10.0 Å². The summed E-state index contributed by atoms with van der Waals surface area (Å²) in [5.41, 5.74) is -1.80. The predicted octanol–water partition coefficient (Wildman–Crippen LogP) is 5.18. The van der Waals surface area contributed by atoms with Crippen LogP contribution in [-0.4, -0.2) is 53.2 Å². The van der Waals surface area contributed by atoms with Crippen LogP contribution in [0.25, 0.3) is 0 Å². The zero-order chi connectivity index (χ0) is 29.3. The van der Waals surface area contributed by atoms with Crippen LogP contribution in [-0.2, 0) is 31.0 Å². The number of nitrogens with one attached hydrogen (secondary N) is 1. The van der Waals surface area contributed by atoms with Crippen LogP contribution in [0.15, 0.2) is 70.5 Å². The summed E-state index contributed by atoms with van der Waals surface area (Å²) >= 11 is 6.31. The van der Waals surface area contributed by atoms with Gasteiger partial charge in [0.05, 0.1) is 44.8 Å². The van der Waals surface area contributed by atoms with Gasteiger partial charge in [-0.25, -0.2) is 16.8 Å². The lowest BCUT2D eigenvalue weighted by Gasteiger charge is -2.26. The molecule has 15 heteroatoms. The number of sulfonamides is 2. The van der Waals surface area contributed by atoms with Crippen LogP contribution in [0.2, 0.25) is 5.02 Å². The van der Waals surface area contributed by atoms with Gasteiger partial charge >= 0.3 is 6.18 Å². The first-order valence-electron chi connectivity index (χ1n) is 11.6. The van der Waals surface area contributed by atoms with Crippen molar-refractivity contribution in [3.05, 3.63) is 76.8 Å². The van der Waals surface area contributed by atoms with Crippen LogP contribution in [0.5, 0.6) is 11.5 Å². The van der Waals surface area contributed by atoms with E-state index in [0.29, 0.717) is 6.07 Å². The molecule has 1 heterocycles. The third kappa shape index (κ3) is 6.41. The number of alkyl halides is 3. The van der Waals surface area contributed by atoms with Gasteiger partial charge in [0.25, 0.3) is 10.0 Å². The highest BCUT2D eigenvalue weighted by Gasteiger charge is 2.37. The van der Waals surface area contributed by atoms with Gasteiger partial charge in [-0.05, 0) is 55.5 Å². The first-order chi connectivity index (χ1) is 18.7. The van der Waals surface area contributed by atoms with E-state index in [9.17, 15) is 34.8 Å². The molecule has 1 aliphatic heterocycles. The molecule has 3 aromatic rings. The highest BCUT2D eigenvalue weighted by atomic mass is 35.5. The number of halogens is 4. The van der Waals surface area contributed by atoms with E-state index in [0.717, 1.165) is 37.3 Å². The maximum absolute atomic E-state index is 13.4. The maximum atomic E-state index is 13.4. The summed E-state index contributed by atoms with van der Waals surface area (Å²) in [6.07, 6.45) is -4.93. The van der Waals surface area contributed by atoms with Gasteiger partial charge in [0.15, 0.2) is 11.5 Å². The molecule has 0 radical (unpaired) electrons. The number of ether oxygens (including phenoxy) is 2. The number of nitrogens with zero attached hydrogens (tertiary/aromatic N) is 1. The number of rotatable bonds is 8. The zero-order valence-electron chi connectivity index (χ0n) is 20.7. The molecule has 40 heavy (non-hydrogen) atoms. The van der Waals surface area contributed by atoms with Gasteiger partial charge in [-0.2, -0.15) is 17.5 Å². The third-order valence-corrected chi connectivity index (χ3v) is 9.44. The van der Waals surface area contributed by atoms with Crippen LogP contribution >= 0.6 is 11.6 Å². The molecule has 9 nitrogen and oxygen atoms in total. The summed E-state index contributed by atoms with van der Waals surface area (Å²) in [7, 11) is -8.49. The molecule has 0 amide bonds. The Balaban J connectivity index is 1.62. The lowest BCUT2D eigenvalue weighted by molar-refractivity contribution is -0.139. The Morgan fingerprint density at radius 2 is 1.62 bits per heavy atom. The van der Waals surface area contributed by atoms with Gasteiger partial charge in [0, 0.05) is 13.1 Å². The van der Waals surface area contributed by atoms with Gasteiger partial charge < -0.3 is 9.47 Å². The average Bonchev–Trinajstić information content (AvgIpc) is 2.90. The van der Waals surface area contributed by atoms with Crippen LogP contribution in [0.1, 0.15) is 22.8 Å². The number of morpholine rings is 1. The summed E-state index contributed by atoms with van der Waals surface area (Å²) in [5.74, 6) is -0.616. The SMILES string of the molecule is CC(=O)c1cc(NS(=O)(=O)c2ccccc2C(F)(F)F)cc(Cl)c1Oc1ccc(S(=O)(=O)N2CCOCC2)cc1. The fourth-order valence-corrected chi connectivity index (χ4v) is 6.83. The van der Waals surface area contributed by atoms with Crippen molar-refractivity contribution < 1.29 is 44.3 Å². The van der Waals surface area contributed by atoms with E-state index in [1.165, 1.54) is 28.6 Å². The monoisotopic (exact) mass is 618 g/mol. The van der Waals surface area contributed by atoms with E-state index in [2.05, 4.69) is 0 Å². The summed E-state index contributed by atoms with van der Waals surface area (Å²) in [6.45, 7) is 2.17. The second-order valence-electron chi connectivity index (χ2n) is 8.58. The van der Waals surface area contributed by atoms with E-state index in [-0.39, 0.29) is 59.0 Å². The number of Topliss-reactive ketones (excluding diaryl/α,β-unsaturated/α-hetero) is 1. The predicted molar refractivity (Wildman–Crippen MR) is 140 cm³/mol. The van der Waals surface area contributed by atoms with E-state index in [1.54, 1.807) is 0 Å². The molecule has 0 aromatic heterocycles. The Morgan fingerprint density at radius 1 is 1.00 bits per heavy atom. The molecule has 4 rings (SSSR count). The summed E-state index contributed by atoms with van der Waals surface area (Å²) in [5, 5.41) is -0.223. The number of anilines is 1. The van der Waals surface area contributed by atoms with Crippen molar-refractivity contribution in [3.8, 4) is 11.5 Å². The van der Waals surface area contributed by atoms with Crippen molar-refractivity contribution in [1.29, 1.82) is 0 Å². The molecule has 0 bridgehead atoms. The van der Waals surface area contributed by atoms with Crippen molar-refractivity contribution in [1.82, 2.24) is 4.31 Å². The molecular weight excluding hydrogens is 597 g/mol. The topological polar surface area (TPSA) is 119 Å². The standard InChI is InChI=1S/C25H22ClF3N2O7S2/c1-16(32)20-14-17(30-39(33,34)23-5-3-2-4-21(23)25(27,28)29)15-22(26)24(20)38-18-6-8-19(9-7-18)40(35,36)31-10-12-37-13-11-31/h2-9,14-15,30H,10-13H2,1H3. The van der Waals surface area contributed by atoms with Gasteiger partial charge in [0.1, 0.15) is 5.75 Å². The lowest BCUT2D eigenvalue weighted by atomic mass is 10.1. The number of carbonyl (C=O) groups is 1. The molecule has 1 fully saturated rings. The van der Waals surface area contributed by atoms with Crippen LogP contribution < -0.4 is 9.46 Å².